The Morgan fingerprint density at radius 1 is 1.11 bits per heavy atom. The number of hydrogen-bond acceptors (Lipinski definition) is 6. The molecule has 0 bridgehead atoms. The van der Waals surface area contributed by atoms with E-state index in [1.807, 2.05) is 0 Å². The van der Waals surface area contributed by atoms with E-state index in [9.17, 15) is 19.8 Å². The normalized spacial score (nSPS) is 10.9. The largest absolute Gasteiger partial charge is 0.508 e. The third-order valence-electron chi connectivity index (χ3n) is 4.19. The Hall–Kier alpha value is -4.21. The first-order valence-corrected chi connectivity index (χ1v) is 8.14. The molecule has 1 amide bonds. The standard InChI is InChI=1S/C18H14N6O4/c1-22-16(14(9-20-22)18(27)28)17(26)24(11-3-2-4-13(25)7-11)12-5-6-23-15(8-12)19-10-21-23/h2-10,25H,1H3,(H,27,28). The number of phenols is 1. The van der Waals surface area contributed by atoms with E-state index < -0.39 is 11.9 Å². The zero-order valence-corrected chi connectivity index (χ0v) is 14.6. The molecule has 0 aliphatic rings. The van der Waals surface area contributed by atoms with Crippen LogP contribution in [0.1, 0.15) is 20.8 Å². The van der Waals surface area contributed by atoms with E-state index in [1.54, 1.807) is 30.5 Å². The van der Waals surface area contributed by atoms with Crippen LogP contribution in [0.2, 0.25) is 0 Å². The molecule has 3 heterocycles. The quantitative estimate of drug-likeness (QED) is 0.555. The van der Waals surface area contributed by atoms with Gasteiger partial charge >= 0.3 is 5.97 Å². The first-order valence-electron chi connectivity index (χ1n) is 8.14. The molecule has 0 atom stereocenters. The maximum Gasteiger partial charge on any atom is 0.339 e. The van der Waals surface area contributed by atoms with E-state index in [-0.39, 0.29) is 17.0 Å². The molecule has 0 radical (unpaired) electrons. The molecule has 4 aromatic rings. The lowest BCUT2D eigenvalue weighted by Gasteiger charge is -2.23. The number of rotatable bonds is 4. The molecule has 4 rings (SSSR count). The third-order valence-corrected chi connectivity index (χ3v) is 4.19. The number of aromatic hydroxyl groups is 1. The topological polar surface area (TPSA) is 126 Å². The van der Waals surface area contributed by atoms with Crippen LogP contribution < -0.4 is 4.90 Å². The molecule has 0 fully saturated rings. The van der Waals surface area contributed by atoms with Gasteiger partial charge in [0, 0.05) is 25.4 Å². The zero-order chi connectivity index (χ0) is 19.8. The minimum atomic E-state index is -1.26. The number of phenolic OH excluding ortho intramolecular Hbond substituents is 1. The van der Waals surface area contributed by atoms with Crippen LogP contribution in [0, 0.1) is 0 Å². The van der Waals surface area contributed by atoms with Crippen LogP contribution in [0.4, 0.5) is 11.4 Å². The fourth-order valence-electron chi connectivity index (χ4n) is 2.91. The number of aryl methyl sites for hydroxylation is 1. The summed E-state index contributed by atoms with van der Waals surface area (Å²) in [7, 11) is 1.49. The number of aromatic nitrogens is 5. The van der Waals surface area contributed by atoms with Crippen LogP contribution in [0.25, 0.3) is 5.65 Å². The van der Waals surface area contributed by atoms with Crippen molar-refractivity contribution in [3.63, 3.8) is 0 Å². The molecule has 0 saturated heterocycles. The molecule has 28 heavy (non-hydrogen) atoms. The minimum absolute atomic E-state index is 0.0395. The molecular weight excluding hydrogens is 364 g/mol. The Balaban J connectivity index is 1.92. The summed E-state index contributed by atoms with van der Waals surface area (Å²) >= 11 is 0. The van der Waals surface area contributed by atoms with Crippen LogP contribution >= 0.6 is 0 Å². The summed E-state index contributed by atoms with van der Waals surface area (Å²) in [5.41, 5.74) is 0.956. The lowest BCUT2D eigenvalue weighted by molar-refractivity contribution is 0.0691. The van der Waals surface area contributed by atoms with Gasteiger partial charge in [-0.1, -0.05) is 6.07 Å². The van der Waals surface area contributed by atoms with Crippen molar-refractivity contribution in [2.75, 3.05) is 4.90 Å². The van der Waals surface area contributed by atoms with Crippen molar-refractivity contribution in [3.05, 3.63) is 66.4 Å². The number of benzene rings is 1. The molecule has 2 N–H and O–H groups in total. The summed E-state index contributed by atoms with van der Waals surface area (Å²) in [6, 6.07) is 9.36. The average molecular weight is 378 g/mol. The van der Waals surface area contributed by atoms with Crippen LogP contribution in [0.15, 0.2) is 55.1 Å². The summed E-state index contributed by atoms with van der Waals surface area (Å²) in [6.45, 7) is 0. The van der Waals surface area contributed by atoms with Gasteiger partial charge in [0.25, 0.3) is 5.91 Å². The Bertz CT molecular complexity index is 1210. The molecule has 10 nitrogen and oxygen atoms in total. The highest BCUT2D eigenvalue weighted by Crippen LogP contribution is 2.31. The van der Waals surface area contributed by atoms with Crippen molar-refractivity contribution >= 4 is 28.9 Å². The Kier molecular flexibility index (Phi) is 4.00. The third kappa shape index (κ3) is 2.82. The molecule has 3 aromatic heterocycles. The lowest BCUT2D eigenvalue weighted by atomic mass is 10.1. The maximum atomic E-state index is 13.4. The number of anilines is 2. The number of carboxylic acids is 1. The summed E-state index contributed by atoms with van der Waals surface area (Å²) in [6.07, 6.45) is 4.13. The molecule has 1 aromatic carbocycles. The summed E-state index contributed by atoms with van der Waals surface area (Å²) in [5, 5.41) is 27.2. The number of pyridine rings is 1. The number of aromatic carboxylic acids is 1. The fraction of sp³-hybridized carbons (Fsp3) is 0.0556. The second kappa shape index (κ2) is 6.50. The second-order valence-corrected chi connectivity index (χ2v) is 5.94. The summed E-state index contributed by atoms with van der Waals surface area (Å²) in [5.74, 6) is -1.92. The number of hydrogen-bond donors (Lipinski definition) is 2. The summed E-state index contributed by atoms with van der Waals surface area (Å²) in [4.78, 5) is 30.4. The van der Waals surface area contributed by atoms with Gasteiger partial charge in [-0.3, -0.25) is 14.4 Å². The zero-order valence-electron chi connectivity index (χ0n) is 14.6. The molecule has 0 spiro atoms. The first-order chi connectivity index (χ1) is 13.5. The smallest absolute Gasteiger partial charge is 0.339 e. The van der Waals surface area contributed by atoms with E-state index >= 15 is 0 Å². The average Bonchev–Trinajstić information content (AvgIpc) is 3.27. The second-order valence-electron chi connectivity index (χ2n) is 5.94. The van der Waals surface area contributed by atoms with E-state index in [4.69, 9.17) is 0 Å². The van der Waals surface area contributed by atoms with Gasteiger partial charge in [-0.05, 0) is 18.2 Å². The van der Waals surface area contributed by atoms with Crippen LogP contribution in [0.5, 0.6) is 5.75 Å². The van der Waals surface area contributed by atoms with Crippen LogP contribution in [-0.2, 0) is 7.05 Å². The lowest BCUT2D eigenvalue weighted by Crippen LogP contribution is -2.29. The van der Waals surface area contributed by atoms with Crippen molar-refractivity contribution in [3.8, 4) is 5.75 Å². The molecule has 140 valence electrons. The molecule has 10 heteroatoms. The van der Waals surface area contributed by atoms with E-state index in [0.717, 1.165) is 6.20 Å². The maximum absolute atomic E-state index is 13.4. The molecule has 0 unspecified atom stereocenters. The van der Waals surface area contributed by atoms with Crippen molar-refractivity contribution in [1.29, 1.82) is 0 Å². The monoisotopic (exact) mass is 378 g/mol. The van der Waals surface area contributed by atoms with Crippen molar-refractivity contribution in [1.82, 2.24) is 24.4 Å². The number of nitrogens with zero attached hydrogens (tertiary/aromatic N) is 6. The highest BCUT2D eigenvalue weighted by atomic mass is 16.4. The number of fused-ring (bicyclic) bond motifs is 1. The van der Waals surface area contributed by atoms with E-state index in [2.05, 4.69) is 15.2 Å². The fourth-order valence-corrected chi connectivity index (χ4v) is 2.91. The van der Waals surface area contributed by atoms with Crippen molar-refractivity contribution in [2.24, 2.45) is 7.05 Å². The Morgan fingerprint density at radius 3 is 2.64 bits per heavy atom. The first kappa shape index (κ1) is 17.2. The van der Waals surface area contributed by atoms with Gasteiger partial charge in [-0.25, -0.2) is 14.3 Å². The van der Waals surface area contributed by atoms with E-state index in [0.29, 0.717) is 17.0 Å². The van der Waals surface area contributed by atoms with Gasteiger partial charge in [0.15, 0.2) is 5.65 Å². The van der Waals surface area contributed by atoms with Gasteiger partial charge in [0.05, 0.1) is 17.6 Å². The van der Waals surface area contributed by atoms with E-state index in [1.165, 1.54) is 39.6 Å². The SMILES string of the molecule is Cn1ncc(C(=O)O)c1C(=O)N(c1cccc(O)c1)c1ccn2ncnc2c1. The molecular formula is C18H14N6O4. The van der Waals surface area contributed by atoms with Gasteiger partial charge in [0.2, 0.25) is 0 Å². The highest BCUT2D eigenvalue weighted by Gasteiger charge is 2.28. The Labute approximate surface area is 157 Å². The predicted molar refractivity (Wildman–Crippen MR) is 97.7 cm³/mol. The number of carboxylic acid groups (broad SMARTS) is 1. The van der Waals surface area contributed by atoms with Gasteiger partial charge in [0.1, 0.15) is 23.3 Å². The molecule has 0 aliphatic carbocycles. The number of amides is 1. The highest BCUT2D eigenvalue weighted by molar-refractivity contribution is 6.14. The Morgan fingerprint density at radius 2 is 1.89 bits per heavy atom. The summed E-state index contributed by atoms with van der Waals surface area (Å²) < 4.78 is 2.73. The molecule has 0 aliphatic heterocycles. The van der Waals surface area contributed by atoms with Gasteiger partial charge in [-0.2, -0.15) is 10.2 Å². The minimum Gasteiger partial charge on any atom is -0.508 e. The van der Waals surface area contributed by atoms with Crippen molar-refractivity contribution in [2.45, 2.75) is 0 Å². The number of carbonyl (C=O) groups is 2. The van der Waals surface area contributed by atoms with Gasteiger partial charge in [-0.15, -0.1) is 0 Å². The molecule has 0 saturated carbocycles. The van der Waals surface area contributed by atoms with Crippen LogP contribution in [0.3, 0.4) is 0 Å². The van der Waals surface area contributed by atoms with Gasteiger partial charge < -0.3 is 10.2 Å². The predicted octanol–water partition coefficient (Wildman–Crippen LogP) is 1.85. The van der Waals surface area contributed by atoms with Crippen molar-refractivity contribution < 1.29 is 19.8 Å². The number of carbonyl (C=O) groups excluding carboxylic acids is 1. The van der Waals surface area contributed by atoms with Crippen LogP contribution in [-0.4, -0.2) is 46.5 Å².